The summed E-state index contributed by atoms with van der Waals surface area (Å²) < 4.78 is 10.9. The number of carboxylic acid groups (broad SMARTS) is 1. The SMILES string of the molecule is COc1cccc(C2CNC(C(=O)O)C(C)O2)c1. The number of hydrogen-bond donors (Lipinski definition) is 2. The molecule has 0 radical (unpaired) electrons. The number of morpholine rings is 1. The average molecular weight is 251 g/mol. The van der Waals surface area contributed by atoms with E-state index < -0.39 is 12.0 Å². The highest BCUT2D eigenvalue weighted by molar-refractivity contribution is 5.74. The highest BCUT2D eigenvalue weighted by Gasteiger charge is 2.33. The van der Waals surface area contributed by atoms with Gasteiger partial charge in [-0.25, -0.2) is 0 Å². The average Bonchev–Trinajstić information content (AvgIpc) is 2.38. The number of methoxy groups -OCH3 is 1. The fourth-order valence-corrected chi connectivity index (χ4v) is 2.11. The summed E-state index contributed by atoms with van der Waals surface area (Å²) >= 11 is 0. The van der Waals surface area contributed by atoms with Crippen molar-refractivity contribution in [2.75, 3.05) is 13.7 Å². The number of rotatable bonds is 3. The fourth-order valence-electron chi connectivity index (χ4n) is 2.11. The first kappa shape index (κ1) is 12.9. The molecular weight excluding hydrogens is 234 g/mol. The molecule has 5 heteroatoms. The van der Waals surface area contributed by atoms with Gasteiger partial charge in [0, 0.05) is 6.54 Å². The molecule has 2 rings (SSSR count). The lowest BCUT2D eigenvalue weighted by atomic mass is 10.0. The molecule has 1 fully saturated rings. The van der Waals surface area contributed by atoms with Gasteiger partial charge >= 0.3 is 5.97 Å². The Morgan fingerprint density at radius 3 is 2.94 bits per heavy atom. The number of aliphatic carboxylic acids is 1. The van der Waals surface area contributed by atoms with Crippen molar-refractivity contribution in [1.29, 1.82) is 0 Å². The predicted octanol–water partition coefficient (Wildman–Crippen LogP) is 1.20. The van der Waals surface area contributed by atoms with Crippen LogP contribution >= 0.6 is 0 Å². The first-order valence-electron chi connectivity index (χ1n) is 5.87. The Balaban J connectivity index is 2.09. The molecule has 1 aromatic rings. The lowest BCUT2D eigenvalue weighted by molar-refractivity contribution is -0.149. The molecular formula is C13H17NO4. The van der Waals surface area contributed by atoms with Crippen LogP contribution < -0.4 is 10.1 Å². The maximum absolute atomic E-state index is 10.9. The van der Waals surface area contributed by atoms with E-state index in [1.54, 1.807) is 14.0 Å². The standard InChI is InChI=1S/C13H17NO4/c1-8-12(13(15)16)14-7-11(18-8)9-4-3-5-10(6-9)17-2/h3-6,8,11-12,14H,7H2,1-2H3,(H,15,16). The quantitative estimate of drug-likeness (QED) is 0.844. The van der Waals surface area contributed by atoms with Gasteiger partial charge in [-0.15, -0.1) is 0 Å². The van der Waals surface area contributed by atoms with E-state index in [0.717, 1.165) is 11.3 Å². The molecule has 1 aliphatic rings. The zero-order valence-corrected chi connectivity index (χ0v) is 10.4. The number of carbonyl (C=O) groups is 1. The molecule has 0 spiro atoms. The normalized spacial score (nSPS) is 27.8. The van der Waals surface area contributed by atoms with Gasteiger partial charge < -0.3 is 14.6 Å². The summed E-state index contributed by atoms with van der Waals surface area (Å²) in [5.74, 6) is -0.115. The summed E-state index contributed by atoms with van der Waals surface area (Å²) in [6.07, 6.45) is -0.516. The topological polar surface area (TPSA) is 67.8 Å². The highest BCUT2D eigenvalue weighted by Crippen LogP contribution is 2.26. The molecule has 1 heterocycles. The van der Waals surface area contributed by atoms with Gasteiger partial charge in [0.1, 0.15) is 11.8 Å². The van der Waals surface area contributed by atoms with E-state index >= 15 is 0 Å². The van der Waals surface area contributed by atoms with Gasteiger partial charge in [-0.2, -0.15) is 0 Å². The lowest BCUT2D eigenvalue weighted by Gasteiger charge is -2.33. The molecule has 5 nitrogen and oxygen atoms in total. The van der Waals surface area contributed by atoms with Crippen LogP contribution in [0.15, 0.2) is 24.3 Å². The summed E-state index contributed by atoms with van der Waals surface area (Å²) in [4.78, 5) is 10.9. The van der Waals surface area contributed by atoms with Crippen LogP contribution in [0.1, 0.15) is 18.6 Å². The van der Waals surface area contributed by atoms with Crippen LogP contribution in [0.25, 0.3) is 0 Å². The Labute approximate surface area is 106 Å². The number of nitrogens with one attached hydrogen (secondary N) is 1. The van der Waals surface area contributed by atoms with E-state index in [4.69, 9.17) is 14.6 Å². The second-order valence-corrected chi connectivity index (χ2v) is 4.33. The molecule has 18 heavy (non-hydrogen) atoms. The van der Waals surface area contributed by atoms with Crippen molar-refractivity contribution in [3.63, 3.8) is 0 Å². The molecule has 1 saturated heterocycles. The maximum Gasteiger partial charge on any atom is 0.323 e. The smallest absolute Gasteiger partial charge is 0.323 e. The van der Waals surface area contributed by atoms with Gasteiger partial charge in [-0.3, -0.25) is 10.1 Å². The first-order chi connectivity index (χ1) is 8.61. The Hall–Kier alpha value is -1.59. The monoisotopic (exact) mass is 251 g/mol. The summed E-state index contributed by atoms with van der Waals surface area (Å²) in [7, 11) is 1.61. The Morgan fingerprint density at radius 1 is 1.56 bits per heavy atom. The molecule has 1 aromatic carbocycles. The molecule has 0 aromatic heterocycles. The fraction of sp³-hybridized carbons (Fsp3) is 0.462. The molecule has 1 aliphatic heterocycles. The Bertz CT molecular complexity index is 435. The Morgan fingerprint density at radius 2 is 2.33 bits per heavy atom. The minimum atomic E-state index is -0.883. The second kappa shape index (κ2) is 5.37. The van der Waals surface area contributed by atoms with Gasteiger partial charge in [0.15, 0.2) is 0 Å². The van der Waals surface area contributed by atoms with Crippen LogP contribution in [0.5, 0.6) is 5.75 Å². The largest absolute Gasteiger partial charge is 0.497 e. The summed E-state index contributed by atoms with van der Waals surface area (Å²) in [5, 5.41) is 12.0. The van der Waals surface area contributed by atoms with Crippen molar-refractivity contribution < 1.29 is 19.4 Å². The molecule has 3 atom stereocenters. The van der Waals surface area contributed by atoms with Gasteiger partial charge in [-0.05, 0) is 24.6 Å². The molecule has 0 saturated carbocycles. The third-order valence-electron chi connectivity index (χ3n) is 3.10. The number of hydrogen-bond acceptors (Lipinski definition) is 4. The van der Waals surface area contributed by atoms with Crippen molar-refractivity contribution in [3.8, 4) is 5.75 Å². The summed E-state index contributed by atoms with van der Waals surface area (Å²) in [6, 6.07) is 6.96. The first-order valence-corrected chi connectivity index (χ1v) is 5.87. The predicted molar refractivity (Wildman–Crippen MR) is 65.7 cm³/mol. The molecule has 2 N–H and O–H groups in total. The molecule has 3 unspecified atom stereocenters. The van der Waals surface area contributed by atoms with Gasteiger partial charge in [0.05, 0.1) is 19.3 Å². The third kappa shape index (κ3) is 2.63. The molecule has 0 bridgehead atoms. The van der Waals surface area contributed by atoms with Crippen LogP contribution in [0.4, 0.5) is 0 Å². The molecule has 0 aliphatic carbocycles. The Kier molecular flexibility index (Phi) is 3.84. The minimum Gasteiger partial charge on any atom is -0.497 e. The van der Waals surface area contributed by atoms with Gasteiger partial charge in [-0.1, -0.05) is 12.1 Å². The van der Waals surface area contributed by atoms with E-state index in [1.807, 2.05) is 24.3 Å². The summed E-state index contributed by atoms with van der Waals surface area (Å²) in [5.41, 5.74) is 0.984. The van der Waals surface area contributed by atoms with Crippen molar-refractivity contribution in [2.45, 2.75) is 25.2 Å². The van der Waals surface area contributed by atoms with Crippen LogP contribution in [-0.4, -0.2) is 36.9 Å². The lowest BCUT2D eigenvalue weighted by Crippen LogP contribution is -2.52. The van der Waals surface area contributed by atoms with Crippen LogP contribution in [0.3, 0.4) is 0 Å². The number of ether oxygens (including phenoxy) is 2. The van der Waals surface area contributed by atoms with E-state index in [2.05, 4.69) is 5.32 Å². The highest BCUT2D eigenvalue weighted by atomic mass is 16.5. The number of carboxylic acids is 1. The second-order valence-electron chi connectivity index (χ2n) is 4.33. The van der Waals surface area contributed by atoms with Crippen LogP contribution in [-0.2, 0) is 9.53 Å². The zero-order chi connectivity index (χ0) is 13.1. The summed E-state index contributed by atoms with van der Waals surface area (Å²) in [6.45, 7) is 2.24. The zero-order valence-electron chi connectivity index (χ0n) is 10.4. The molecule has 0 amide bonds. The number of benzene rings is 1. The van der Waals surface area contributed by atoms with E-state index in [0.29, 0.717) is 6.54 Å². The third-order valence-corrected chi connectivity index (χ3v) is 3.10. The minimum absolute atomic E-state index is 0.148. The van der Waals surface area contributed by atoms with E-state index in [-0.39, 0.29) is 12.2 Å². The van der Waals surface area contributed by atoms with E-state index in [9.17, 15) is 4.79 Å². The van der Waals surface area contributed by atoms with Crippen molar-refractivity contribution in [1.82, 2.24) is 5.32 Å². The van der Waals surface area contributed by atoms with Crippen LogP contribution in [0, 0.1) is 0 Å². The molecule has 98 valence electrons. The van der Waals surface area contributed by atoms with E-state index in [1.165, 1.54) is 0 Å². The van der Waals surface area contributed by atoms with Crippen molar-refractivity contribution in [2.24, 2.45) is 0 Å². The van der Waals surface area contributed by atoms with Gasteiger partial charge in [0.25, 0.3) is 0 Å². The van der Waals surface area contributed by atoms with Gasteiger partial charge in [0.2, 0.25) is 0 Å². The van der Waals surface area contributed by atoms with Crippen molar-refractivity contribution >= 4 is 5.97 Å². The van der Waals surface area contributed by atoms with Crippen molar-refractivity contribution in [3.05, 3.63) is 29.8 Å². The maximum atomic E-state index is 10.9. The van der Waals surface area contributed by atoms with Crippen LogP contribution in [0.2, 0.25) is 0 Å².